The second kappa shape index (κ2) is 19.1. The molecule has 0 aromatic heterocycles. The summed E-state index contributed by atoms with van der Waals surface area (Å²) in [5.74, 6) is -1.45. The Morgan fingerprint density at radius 3 is 1.03 bits per heavy atom. The largest absolute Gasteiger partial charge is 0.307 e. The number of benzene rings is 12. The van der Waals surface area contributed by atoms with Crippen LogP contribution < -0.4 is 9.80 Å². The van der Waals surface area contributed by atoms with Gasteiger partial charge in [-0.25, -0.2) is 8.78 Å². The van der Waals surface area contributed by atoms with Crippen molar-refractivity contribution in [2.45, 2.75) is 55.4 Å². The molecule has 4 heteroatoms. The van der Waals surface area contributed by atoms with Gasteiger partial charge in [0.1, 0.15) is 11.6 Å². The van der Waals surface area contributed by atoms with E-state index in [1.165, 1.54) is 21.9 Å². The molecule has 0 spiro atoms. The third kappa shape index (κ3) is 8.35. The van der Waals surface area contributed by atoms with Crippen LogP contribution in [-0.4, -0.2) is 0 Å². The lowest BCUT2D eigenvalue weighted by Crippen LogP contribution is -2.15. The van der Waals surface area contributed by atoms with E-state index in [2.05, 4.69) is 0 Å². The molecule has 0 unspecified atom stereocenters. The highest BCUT2D eigenvalue weighted by molar-refractivity contribution is 6.28. The summed E-state index contributed by atoms with van der Waals surface area (Å²) < 4.78 is 129. The van der Waals surface area contributed by atoms with Crippen molar-refractivity contribution in [3.8, 4) is 44.5 Å². The van der Waals surface area contributed by atoms with Crippen molar-refractivity contribution in [3.63, 3.8) is 0 Å². The summed E-state index contributed by atoms with van der Waals surface area (Å²) in [6.45, 7) is 15.6. The first kappa shape index (κ1) is 37.8. The standard InChI is InChI=1S/C72H58F2N2/c1-43-19-23-47(5)59(35-43)53-39-63(61-37-45(3)21-25-49(61)7)71(65(73)41-53)75(55-15-11-9-12-16-55)67-33-29-51-28-32-58-68(34-30-52-27-31-57(67)69(51)70(52)58)76(56-17-13-10-14-18-56)72-64(62-38-46(4)22-26-50(62)8)40-54(42-66(72)74)60-36-44(2)20-24-48(60)6/h9-42H,1-8H3/i9D,10D,11D,12D,13D,14D,15D,16D,17D,18D. The van der Waals surface area contributed by atoms with Gasteiger partial charge in [-0.2, -0.15) is 0 Å². The summed E-state index contributed by atoms with van der Waals surface area (Å²) in [7, 11) is 0. The predicted molar refractivity (Wildman–Crippen MR) is 319 cm³/mol. The first-order valence-corrected chi connectivity index (χ1v) is 25.4. The highest BCUT2D eigenvalue weighted by atomic mass is 19.1. The van der Waals surface area contributed by atoms with Gasteiger partial charge in [0.15, 0.2) is 0 Å². The molecule has 0 saturated heterocycles. The Morgan fingerprint density at radius 1 is 0.329 bits per heavy atom. The zero-order chi connectivity index (χ0) is 61.2. The Morgan fingerprint density at radius 2 is 0.658 bits per heavy atom. The van der Waals surface area contributed by atoms with E-state index in [1.807, 2.05) is 177 Å². The maximum Gasteiger partial charge on any atom is 0.148 e. The van der Waals surface area contributed by atoms with Crippen molar-refractivity contribution in [1.82, 2.24) is 0 Å². The van der Waals surface area contributed by atoms with Crippen LogP contribution in [0.25, 0.3) is 76.8 Å². The maximum atomic E-state index is 18.5. The smallest absolute Gasteiger partial charge is 0.148 e. The van der Waals surface area contributed by atoms with E-state index < -0.39 is 72.1 Å². The molecule has 12 rings (SSSR count). The van der Waals surface area contributed by atoms with Crippen LogP contribution in [-0.2, 0) is 0 Å². The summed E-state index contributed by atoms with van der Waals surface area (Å²) in [6, 6.07) is 39.1. The molecule has 0 N–H and O–H groups in total. The minimum absolute atomic E-state index is 0.0619. The van der Waals surface area contributed by atoms with Gasteiger partial charge < -0.3 is 9.80 Å². The first-order chi connectivity index (χ1) is 40.9. The molecule has 0 aliphatic heterocycles. The van der Waals surface area contributed by atoms with Gasteiger partial charge in [-0.05, 0) is 193 Å². The van der Waals surface area contributed by atoms with E-state index >= 15 is 8.78 Å². The molecule has 76 heavy (non-hydrogen) atoms. The Labute approximate surface area is 459 Å². The number of hydrogen-bond donors (Lipinski definition) is 0. The van der Waals surface area contributed by atoms with Gasteiger partial charge in [-0.1, -0.05) is 168 Å². The SMILES string of the molecule is [2H]c1c([2H])c([2H])c(N(c2c(F)cc(-c3cc(C)ccc3C)cc2-c2cc(C)ccc2C)c2ccc3ccc4c(N(c5c(F)cc(-c6cc(C)ccc6C)cc5-c5cc(C)ccc5C)c5c([2H])c([2H])c([2H])c([2H])c5[2H])ccc5ccc2c3c54)c([2H])c1[2H]. The molecule has 0 aliphatic carbocycles. The van der Waals surface area contributed by atoms with Gasteiger partial charge in [0.25, 0.3) is 0 Å². The molecule has 0 saturated carbocycles. The van der Waals surface area contributed by atoms with E-state index in [0.717, 1.165) is 55.6 Å². The summed E-state index contributed by atoms with van der Waals surface area (Å²) in [5.41, 5.74) is 11.9. The highest BCUT2D eigenvalue weighted by Gasteiger charge is 2.29. The van der Waals surface area contributed by atoms with E-state index in [9.17, 15) is 5.48 Å². The van der Waals surface area contributed by atoms with Gasteiger partial charge in [-0.3, -0.25) is 0 Å². The average Bonchev–Trinajstić information content (AvgIpc) is 0.790. The van der Waals surface area contributed by atoms with E-state index in [-0.39, 0.29) is 34.1 Å². The summed E-state index contributed by atoms with van der Waals surface area (Å²) in [5, 5.41) is 3.61. The van der Waals surface area contributed by atoms with Gasteiger partial charge in [0.2, 0.25) is 0 Å². The van der Waals surface area contributed by atoms with Crippen molar-refractivity contribution in [1.29, 1.82) is 0 Å². The molecule has 370 valence electrons. The topological polar surface area (TPSA) is 6.48 Å². The molecule has 0 amide bonds. The maximum absolute atomic E-state index is 18.5. The minimum atomic E-state index is -0.723. The Kier molecular flexibility index (Phi) is 9.51. The van der Waals surface area contributed by atoms with Crippen LogP contribution >= 0.6 is 0 Å². The molecule has 2 nitrogen and oxygen atoms in total. The summed E-state index contributed by atoms with van der Waals surface area (Å²) in [6.07, 6.45) is 0. The number of para-hydroxylation sites is 2. The van der Waals surface area contributed by atoms with Crippen LogP contribution in [0.5, 0.6) is 0 Å². The second-order valence-electron chi connectivity index (χ2n) is 20.2. The average molecular weight is 999 g/mol. The number of aryl methyl sites for hydroxylation is 8. The van der Waals surface area contributed by atoms with Crippen LogP contribution in [0.3, 0.4) is 0 Å². The van der Waals surface area contributed by atoms with Crippen molar-refractivity contribution in [2.24, 2.45) is 0 Å². The highest BCUT2D eigenvalue weighted by Crippen LogP contribution is 2.52. The zero-order valence-corrected chi connectivity index (χ0v) is 43.5. The van der Waals surface area contributed by atoms with Gasteiger partial charge in [-0.15, -0.1) is 0 Å². The number of rotatable bonds is 10. The van der Waals surface area contributed by atoms with Crippen LogP contribution in [0.1, 0.15) is 58.2 Å². The van der Waals surface area contributed by atoms with Crippen molar-refractivity contribution in [3.05, 3.63) is 262 Å². The summed E-state index contributed by atoms with van der Waals surface area (Å²) >= 11 is 0. The molecule has 12 aromatic carbocycles. The van der Waals surface area contributed by atoms with Gasteiger partial charge >= 0.3 is 0 Å². The normalized spacial score (nSPS) is 13.4. The van der Waals surface area contributed by atoms with Crippen molar-refractivity contribution < 1.29 is 22.5 Å². The molecule has 0 bridgehead atoms. The van der Waals surface area contributed by atoms with Crippen molar-refractivity contribution >= 4 is 66.4 Å². The Hall–Kier alpha value is -8.86. The molecule has 0 aliphatic rings. The monoisotopic (exact) mass is 999 g/mol. The quantitative estimate of drug-likeness (QED) is 0.126. The van der Waals surface area contributed by atoms with Gasteiger partial charge in [0.05, 0.1) is 36.5 Å². The van der Waals surface area contributed by atoms with E-state index in [1.54, 1.807) is 12.1 Å². The Balaban J connectivity index is 1.21. The van der Waals surface area contributed by atoms with Crippen LogP contribution in [0.2, 0.25) is 0 Å². The summed E-state index contributed by atoms with van der Waals surface area (Å²) in [4.78, 5) is 2.91. The van der Waals surface area contributed by atoms with Crippen molar-refractivity contribution in [2.75, 3.05) is 9.80 Å². The number of nitrogens with zero attached hydrogens (tertiary/aromatic N) is 2. The number of hydrogen-bond acceptors (Lipinski definition) is 2. The van der Waals surface area contributed by atoms with Crippen LogP contribution in [0, 0.1) is 67.0 Å². The van der Waals surface area contributed by atoms with E-state index in [0.29, 0.717) is 65.7 Å². The number of anilines is 6. The first-order valence-electron chi connectivity index (χ1n) is 30.4. The number of halogens is 2. The molecule has 0 heterocycles. The molecular formula is C72H58F2N2. The zero-order valence-electron chi connectivity index (χ0n) is 53.5. The second-order valence-corrected chi connectivity index (χ2v) is 20.2. The lowest BCUT2D eigenvalue weighted by atomic mass is 9.89. The third-order valence-electron chi connectivity index (χ3n) is 14.9. The fourth-order valence-corrected chi connectivity index (χ4v) is 11.1. The lowest BCUT2D eigenvalue weighted by molar-refractivity contribution is 0.629. The molecule has 0 radical (unpaired) electrons. The van der Waals surface area contributed by atoms with Crippen LogP contribution in [0.15, 0.2) is 206 Å². The fourth-order valence-electron chi connectivity index (χ4n) is 11.1. The fraction of sp³-hybridized carbons (Fsp3) is 0.111. The Bertz CT molecular complexity index is 4500. The molecular weight excluding hydrogens is 931 g/mol. The molecule has 0 atom stereocenters. The molecule has 0 fully saturated rings. The van der Waals surface area contributed by atoms with E-state index in [4.69, 9.17) is 8.22 Å². The van der Waals surface area contributed by atoms with Crippen LogP contribution in [0.4, 0.5) is 42.9 Å². The minimum Gasteiger partial charge on any atom is -0.307 e. The van der Waals surface area contributed by atoms with Gasteiger partial charge in [0, 0.05) is 33.3 Å². The third-order valence-corrected chi connectivity index (χ3v) is 14.9. The predicted octanol–water partition coefficient (Wildman–Crippen LogP) is 20.9. The molecule has 12 aromatic rings. The lowest BCUT2D eigenvalue weighted by Gasteiger charge is -2.32.